The fraction of sp³-hybridized carbons (Fsp3) is 0.455. The topological polar surface area (TPSA) is 137 Å². The van der Waals surface area contributed by atoms with Crippen LogP contribution in [0.15, 0.2) is 46.2 Å². The van der Waals surface area contributed by atoms with E-state index in [2.05, 4.69) is 32.4 Å². The van der Waals surface area contributed by atoms with Crippen LogP contribution >= 0.6 is 0 Å². The predicted molar refractivity (Wildman–Crippen MR) is 171 cm³/mol. The number of halogens is 1. The number of carbonyl (C=O) groups excluding carboxylic acids is 1. The van der Waals surface area contributed by atoms with Gasteiger partial charge >= 0.3 is 5.69 Å². The lowest BCUT2D eigenvalue weighted by Crippen LogP contribution is -2.52. The van der Waals surface area contributed by atoms with Crippen LogP contribution in [0.3, 0.4) is 0 Å². The fourth-order valence-corrected chi connectivity index (χ4v) is 5.84. The van der Waals surface area contributed by atoms with Gasteiger partial charge in [-0.15, -0.1) is 0 Å². The summed E-state index contributed by atoms with van der Waals surface area (Å²) in [6.45, 7) is 9.37. The van der Waals surface area contributed by atoms with E-state index in [0.717, 1.165) is 68.9 Å². The lowest BCUT2D eigenvalue weighted by atomic mass is 9.95. The van der Waals surface area contributed by atoms with Crippen molar-refractivity contribution in [3.8, 4) is 23.3 Å². The van der Waals surface area contributed by atoms with Crippen LogP contribution in [0.1, 0.15) is 74.8 Å². The summed E-state index contributed by atoms with van der Waals surface area (Å²) in [5.74, 6) is 5.19. The van der Waals surface area contributed by atoms with Crippen LogP contribution in [0.5, 0.6) is 11.5 Å². The van der Waals surface area contributed by atoms with E-state index in [-0.39, 0.29) is 41.2 Å². The molecule has 0 atom stereocenters. The highest BCUT2D eigenvalue weighted by molar-refractivity contribution is 6.03. The second kappa shape index (κ2) is 13.7. The van der Waals surface area contributed by atoms with Crippen molar-refractivity contribution in [3.63, 3.8) is 0 Å². The smallest absolute Gasteiger partial charge is 0.331 e. The third kappa shape index (κ3) is 7.10. The molecule has 2 aromatic heterocycles. The van der Waals surface area contributed by atoms with Gasteiger partial charge in [0.15, 0.2) is 11.6 Å². The van der Waals surface area contributed by atoms with E-state index < -0.39 is 28.5 Å². The SMILES string of the molecule is CCn1c(=O)c(C(=O)Nc2ccc(Oc3ccnc(N)c3C#CC(C)(C)N3CCNCC3)c(F)c2)cn(C2CCCCC2)c1=O. The molecule has 1 saturated heterocycles. The number of ether oxygens (including phenoxy) is 1. The van der Waals surface area contributed by atoms with Gasteiger partial charge in [-0.2, -0.15) is 0 Å². The van der Waals surface area contributed by atoms with Gasteiger partial charge in [0.25, 0.3) is 11.5 Å². The van der Waals surface area contributed by atoms with Gasteiger partial charge in [-0.3, -0.25) is 23.6 Å². The minimum atomic E-state index is -0.749. The van der Waals surface area contributed by atoms with Gasteiger partial charge < -0.3 is 21.1 Å². The molecule has 2 fully saturated rings. The van der Waals surface area contributed by atoms with Crippen molar-refractivity contribution in [3.05, 3.63) is 74.4 Å². The molecular formula is C33H40FN7O4. The molecule has 0 unspecified atom stereocenters. The zero-order valence-electron chi connectivity index (χ0n) is 26.0. The third-order valence-corrected chi connectivity index (χ3v) is 8.48. The second-order valence-electron chi connectivity index (χ2n) is 11.9. The maximum atomic E-state index is 15.3. The molecule has 0 spiro atoms. The number of nitrogens with two attached hydrogens (primary N) is 1. The van der Waals surface area contributed by atoms with E-state index in [1.54, 1.807) is 13.0 Å². The summed E-state index contributed by atoms with van der Waals surface area (Å²) in [4.78, 5) is 45.7. The van der Waals surface area contributed by atoms with E-state index in [1.807, 2.05) is 13.8 Å². The molecule has 0 radical (unpaired) electrons. The molecule has 0 bridgehead atoms. The van der Waals surface area contributed by atoms with Crippen molar-refractivity contribution in [2.75, 3.05) is 37.2 Å². The van der Waals surface area contributed by atoms with Gasteiger partial charge in [-0.1, -0.05) is 31.1 Å². The Kier molecular flexibility index (Phi) is 9.70. The van der Waals surface area contributed by atoms with E-state index in [9.17, 15) is 14.4 Å². The summed E-state index contributed by atoms with van der Waals surface area (Å²) >= 11 is 0. The summed E-state index contributed by atoms with van der Waals surface area (Å²) in [6.07, 6.45) is 7.46. The lowest BCUT2D eigenvalue weighted by Gasteiger charge is -2.37. The van der Waals surface area contributed by atoms with Gasteiger partial charge in [0.1, 0.15) is 22.7 Å². The van der Waals surface area contributed by atoms with Gasteiger partial charge in [0.2, 0.25) is 0 Å². The quantitative estimate of drug-likeness (QED) is 0.341. The van der Waals surface area contributed by atoms with E-state index in [4.69, 9.17) is 10.5 Å². The van der Waals surface area contributed by atoms with Crippen molar-refractivity contribution < 1.29 is 13.9 Å². The Hall–Kier alpha value is -4.47. The van der Waals surface area contributed by atoms with Crippen molar-refractivity contribution in [2.45, 2.75) is 71.0 Å². The number of nitrogens with zero attached hydrogens (tertiary/aromatic N) is 4. The van der Waals surface area contributed by atoms with E-state index in [0.29, 0.717) is 5.56 Å². The van der Waals surface area contributed by atoms with Crippen molar-refractivity contribution >= 4 is 17.4 Å². The minimum Gasteiger partial charge on any atom is -0.453 e. The average molecular weight is 618 g/mol. The van der Waals surface area contributed by atoms with Gasteiger partial charge in [0.05, 0.1) is 5.54 Å². The first-order chi connectivity index (χ1) is 21.6. The highest BCUT2D eigenvalue weighted by atomic mass is 19.1. The van der Waals surface area contributed by atoms with Crippen molar-refractivity contribution in [2.24, 2.45) is 0 Å². The first-order valence-electron chi connectivity index (χ1n) is 15.5. The molecule has 4 N–H and O–H groups in total. The van der Waals surface area contributed by atoms with Gasteiger partial charge in [-0.05, 0) is 45.7 Å². The molecule has 1 amide bonds. The van der Waals surface area contributed by atoms with Crippen LogP contribution in [0.2, 0.25) is 0 Å². The molecule has 11 nitrogen and oxygen atoms in total. The standard InChI is InChI=1S/C33H40FN7O4/c1-4-40-31(43)25(21-41(32(40)44)23-8-6-5-7-9-23)30(42)38-22-10-11-28(26(34)20-22)45-27-13-15-37-29(35)24(27)12-14-33(2,3)39-18-16-36-17-19-39/h10-11,13,15,20-21,23,36H,4-9,16-19H2,1-3H3,(H2,35,37)(H,38,42). The number of benzene rings is 1. The van der Waals surface area contributed by atoms with Crippen LogP contribution in [-0.4, -0.2) is 56.6 Å². The van der Waals surface area contributed by atoms with Crippen molar-refractivity contribution in [1.82, 2.24) is 24.3 Å². The maximum Gasteiger partial charge on any atom is 0.331 e. The zero-order valence-corrected chi connectivity index (χ0v) is 26.0. The van der Waals surface area contributed by atoms with E-state index in [1.165, 1.54) is 29.1 Å². The van der Waals surface area contributed by atoms with E-state index >= 15 is 4.39 Å². The first kappa shape index (κ1) is 31.9. The minimum absolute atomic E-state index is 0.0741. The van der Waals surface area contributed by atoms with Crippen LogP contribution in [0, 0.1) is 17.7 Å². The molecule has 1 aliphatic heterocycles. The second-order valence-corrected chi connectivity index (χ2v) is 11.9. The number of hydrogen-bond acceptors (Lipinski definition) is 8. The number of piperazine rings is 1. The molecule has 2 aliphatic rings. The van der Waals surface area contributed by atoms with Crippen LogP contribution in [0.25, 0.3) is 0 Å². The number of pyridine rings is 1. The highest BCUT2D eigenvalue weighted by Crippen LogP contribution is 2.31. The lowest BCUT2D eigenvalue weighted by molar-refractivity contribution is 0.102. The van der Waals surface area contributed by atoms with Gasteiger partial charge in [-0.25, -0.2) is 14.2 Å². The third-order valence-electron chi connectivity index (χ3n) is 8.48. The summed E-state index contributed by atoms with van der Waals surface area (Å²) in [5.41, 5.74) is 4.89. The fourth-order valence-electron chi connectivity index (χ4n) is 5.84. The Balaban J connectivity index is 1.36. The number of nitrogen functional groups attached to an aromatic ring is 1. The number of nitrogens with one attached hydrogen (secondary N) is 2. The van der Waals surface area contributed by atoms with Crippen LogP contribution < -0.4 is 32.4 Å². The summed E-state index contributed by atoms with van der Waals surface area (Å²) in [5, 5.41) is 5.93. The molecule has 1 aliphatic carbocycles. The van der Waals surface area contributed by atoms with Crippen LogP contribution in [0.4, 0.5) is 15.9 Å². The number of rotatable bonds is 7. The molecule has 3 heterocycles. The summed E-state index contributed by atoms with van der Waals surface area (Å²) in [7, 11) is 0. The Morgan fingerprint density at radius 3 is 2.58 bits per heavy atom. The normalized spacial score (nSPS) is 16.1. The Labute approximate surface area is 261 Å². The number of hydrogen-bond donors (Lipinski definition) is 3. The molecule has 5 rings (SSSR count). The summed E-state index contributed by atoms with van der Waals surface area (Å²) < 4.78 is 23.8. The number of anilines is 2. The molecular weight excluding hydrogens is 577 g/mol. The first-order valence-corrected chi connectivity index (χ1v) is 15.5. The Bertz CT molecular complexity index is 1740. The number of carbonyl (C=O) groups is 1. The largest absolute Gasteiger partial charge is 0.453 e. The summed E-state index contributed by atoms with van der Waals surface area (Å²) in [6, 6.07) is 5.43. The number of aromatic nitrogens is 3. The molecule has 12 heteroatoms. The zero-order chi connectivity index (χ0) is 32.1. The van der Waals surface area contributed by atoms with Gasteiger partial charge in [0, 0.05) is 69.0 Å². The van der Waals surface area contributed by atoms with Crippen molar-refractivity contribution in [1.29, 1.82) is 0 Å². The monoisotopic (exact) mass is 617 g/mol. The maximum absolute atomic E-state index is 15.3. The molecule has 3 aromatic rings. The Morgan fingerprint density at radius 1 is 1.16 bits per heavy atom. The number of amides is 1. The molecule has 1 aromatic carbocycles. The average Bonchev–Trinajstić information content (AvgIpc) is 3.03. The van der Waals surface area contributed by atoms with Crippen LogP contribution in [-0.2, 0) is 6.54 Å². The molecule has 238 valence electrons. The highest BCUT2D eigenvalue weighted by Gasteiger charge is 2.26. The molecule has 45 heavy (non-hydrogen) atoms. The Morgan fingerprint density at radius 2 is 1.89 bits per heavy atom. The molecule has 1 saturated carbocycles. The predicted octanol–water partition coefficient (Wildman–Crippen LogP) is 3.73.